The quantitative estimate of drug-likeness (QED) is 0.635. The van der Waals surface area contributed by atoms with Crippen molar-refractivity contribution in [1.29, 1.82) is 0 Å². The van der Waals surface area contributed by atoms with Crippen LogP contribution in [0.5, 0.6) is 0 Å². The minimum absolute atomic E-state index is 0.706. The second-order valence-electron chi connectivity index (χ2n) is 4.38. The Labute approximate surface area is 84.6 Å². The molecule has 0 amide bonds. The second kappa shape index (κ2) is 5.29. The van der Waals surface area contributed by atoms with Gasteiger partial charge in [-0.25, -0.2) is 0 Å². The Morgan fingerprint density at radius 2 is 1.23 bits per heavy atom. The third-order valence-corrected chi connectivity index (χ3v) is 4.55. The predicted molar refractivity (Wildman–Crippen MR) is 61.2 cm³/mol. The molecule has 1 rings (SSSR count). The molecule has 0 spiro atoms. The summed E-state index contributed by atoms with van der Waals surface area (Å²) in [5.41, 5.74) is 0. The summed E-state index contributed by atoms with van der Waals surface area (Å²) < 4.78 is 5.21. The molecule has 1 heterocycles. The molecule has 1 saturated heterocycles. The van der Waals surface area contributed by atoms with Gasteiger partial charge in [-0.1, -0.05) is 0 Å². The van der Waals surface area contributed by atoms with E-state index in [4.69, 9.17) is 0 Å². The van der Waals surface area contributed by atoms with Gasteiger partial charge in [-0.3, -0.25) is 9.34 Å². The highest BCUT2D eigenvalue weighted by Gasteiger charge is 2.19. The third kappa shape index (κ3) is 3.53. The maximum absolute atomic E-state index is 2.60. The molecule has 0 aliphatic carbocycles. The van der Waals surface area contributed by atoms with Gasteiger partial charge in [0, 0.05) is 34.1 Å². The zero-order chi connectivity index (χ0) is 9.84. The van der Waals surface area contributed by atoms with Gasteiger partial charge in [0.05, 0.1) is 0 Å². The summed E-state index contributed by atoms with van der Waals surface area (Å²) in [5.74, 6) is 0. The molecule has 1 fully saturated rings. The van der Waals surface area contributed by atoms with E-state index in [9.17, 15) is 0 Å². The average Bonchev–Trinajstić information content (AvgIpc) is 2.28. The summed E-state index contributed by atoms with van der Waals surface area (Å²) >= 11 is 0. The lowest BCUT2D eigenvalue weighted by molar-refractivity contribution is 0.360. The first-order chi connectivity index (χ1) is 6.11. The largest absolute Gasteiger partial charge is 0.270 e. The van der Waals surface area contributed by atoms with Crippen LogP contribution in [0.25, 0.3) is 0 Å². The Morgan fingerprint density at radius 3 is 1.54 bits per heavy atom. The maximum Gasteiger partial charge on any atom is 0.0245 e. The molecule has 78 valence electrons. The molecule has 2 nitrogen and oxygen atoms in total. The van der Waals surface area contributed by atoms with Gasteiger partial charge in [-0.2, -0.15) is 0 Å². The topological polar surface area (TPSA) is 6.48 Å². The molecule has 1 aliphatic heterocycles. The van der Waals surface area contributed by atoms with Crippen LogP contribution >= 0.6 is 8.88 Å². The predicted octanol–water partition coefficient (Wildman–Crippen LogP) is 2.71. The van der Waals surface area contributed by atoms with Crippen LogP contribution in [-0.4, -0.2) is 34.5 Å². The fourth-order valence-electron chi connectivity index (χ4n) is 1.58. The summed E-state index contributed by atoms with van der Waals surface area (Å²) in [6.07, 6.45) is 2.74. The van der Waals surface area contributed by atoms with Crippen molar-refractivity contribution in [2.45, 2.75) is 52.6 Å². The summed E-state index contributed by atoms with van der Waals surface area (Å²) in [6.45, 7) is 11.8. The lowest BCUT2D eigenvalue weighted by Crippen LogP contribution is -2.29. The molecule has 1 aliphatic rings. The van der Waals surface area contributed by atoms with Crippen molar-refractivity contribution in [3.8, 4) is 0 Å². The Morgan fingerprint density at radius 1 is 0.846 bits per heavy atom. The highest BCUT2D eigenvalue weighted by Crippen LogP contribution is 2.31. The van der Waals surface area contributed by atoms with Crippen LogP contribution < -0.4 is 0 Å². The minimum atomic E-state index is 0.706. The molecule has 0 bridgehead atoms. The summed E-state index contributed by atoms with van der Waals surface area (Å²) in [5, 5.41) is 0. The normalized spacial score (nSPS) is 22.6. The first-order valence-corrected chi connectivity index (χ1v) is 6.30. The molecule has 0 N–H and O–H groups in total. The third-order valence-electron chi connectivity index (χ3n) is 2.55. The zero-order valence-corrected chi connectivity index (χ0v) is 10.4. The molecule has 0 atom stereocenters. The van der Waals surface area contributed by atoms with Crippen molar-refractivity contribution in [1.82, 2.24) is 9.34 Å². The van der Waals surface area contributed by atoms with Gasteiger partial charge in [-0.05, 0) is 40.5 Å². The second-order valence-corrected chi connectivity index (χ2v) is 5.73. The summed E-state index contributed by atoms with van der Waals surface area (Å²) in [7, 11) is 0.904. The van der Waals surface area contributed by atoms with Crippen molar-refractivity contribution in [3.63, 3.8) is 0 Å². The van der Waals surface area contributed by atoms with Crippen LogP contribution in [0.4, 0.5) is 0 Å². The molecule has 0 aromatic rings. The fraction of sp³-hybridized carbons (Fsp3) is 1.00. The fourth-order valence-corrected chi connectivity index (χ4v) is 2.88. The first-order valence-electron chi connectivity index (χ1n) is 5.41. The smallest absolute Gasteiger partial charge is 0.0245 e. The molecule has 0 aromatic carbocycles. The van der Waals surface area contributed by atoms with E-state index >= 15 is 0 Å². The maximum atomic E-state index is 2.60. The van der Waals surface area contributed by atoms with Crippen molar-refractivity contribution < 1.29 is 0 Å². The zero-order valence-electron chi connectivity index (χ0n) is 9.38. The van der Waals surface area contributed by atoms with Crippen molar-refractivity contribution in [2.75, 3.05) is 13.1 Å². The highest BCUT2D eigenvalue weighted by atomic mass is 31.1. The van der Waals surface area contributed by atoms with Crippen LogP contribution in [0.15, 0.2) is 0 Å². The average molecular weight is 202 g/mol. The molecule has 0 unspecified atom stereocenters. The van der Waals surface area contributed by atoms with E-state index in [2.05, 4.69) is 37.0 Å². The Balaban J connectivity index is 2.49. The lowest BCUT2D eigenvalue weighted by Gasteiger charge is -2.31. The molecule has 0 radical (unpaired) electrons. The number of hydrogen-bond donors (Lipinski definition) is 0. The van der Waals surface area contributed by atoms with Crippen LogP contribution in [0.1, 0.15) is 40.5 Å². The van der Waals surface area contributed by atoms with E-state index in [1.54, 1.807) is 0 Å². The minimum Gasteiger partial charge on any atom is -0.270 e. The molecule has 3 heteroatoms. The standard InChI is InChI=1S/C10H23N2P/c1-9(2)11-7-5-6-8-12(13-11)10(3)4/h9-10,13H,5-8H2,1-4H3. The van der Waals surface area contributed by atoms with Crippen LogP contribution in [0.3, 0.4) is 0 Å². The molecular weight excluding hydrogens is 179 g/mol. The van der Waals surface area contributed by atoms with Crippen molar-refractivity contribution in [3.05, 3.63) is 0 Å². The number of rotatable bonds is 2. The number of nitrogens with zero attached hydrogens (tertiary/aromatic N) is 2. The Kier molecular flexibility index (Phi) is 4.64. The Bertz CT molecular complexity index is 132. The van der Waals surface area contributed by atoms with Gasteiger partial charge in [0.1, 0.15) is 0 Å². The molecular formula is C10H23N2P. The molecule has 0 aromatic heterocycles. The van der Waals surface area contributed by atoms with E-state index in [0.29, 0.717) is 12.1 Å². The van der Waals surface area contributed by atoms with E-state index in [-0.39, 0.29) is 0 Å². The lowest BCUT2D eigenvalue weighted by atomic mass is 10.2. The van der Waals surface area contributed by atoms with Gasteiger partial charge in [0.2, 0.25) is 0 Å². The van der Waals surface area contributed by atoms with Crippen LogP contribution in [0, 0.1) is 0 Å². The van der Waals surface area contributed by atoms with Crippen LogP contribution in [0.2, 0.25) is 0 Å². The van der Waals surface area contributed by atoms with Gasteiger partial charge < -0.3 is 0 Å². The van der Waals surface area contributed by atoms with Gasteiger partial charge in [-0.15, -0.1) is 0 Å². The van der Waals surface area contributed by atoms with Gasteiger partial charge >= 0.3 is 0 Å². The van der Waals surface area contributed by atoms with Crippen molar-refractivity contribution in [2.24, 2.45) is 0 Å². The van der Waals surface area contributed by atoms with Gasteiger partial charge in [0.25, 0.3) is 0 Å². The monoisotopic (exact) mass is 202 g/mol. The van der Waals surface area contributed by atoms with Crippen LogP contribution in [-0.2, 0) is 0 Å². The molecule has 0 saturated carbocycles. The van der Waals surface area contributed by atoms with Gasteiger partial charge in [0.15, 0.2) is 0 Å². The van der Waals surface area contributed by atoms with E-state index < -0.39 is 0 Å². The summed E-state index contributed by atoms with van der Waals surface area (Å²) in [6, 6.07) is 1.41. The van der Waals surface area contributed by atoms with Crippen molar-refractivity contribution >= 4 is 8.88 Å². The molecule has 13 heavy (non-hydrogen) atoms. The van der Waals surface area contributed by atoms with E-state index in [1.165, 1.54) is 25.9 Å². The van der Waals surface area contributed by atoms with E-state index in [0.717, 1.165) is 8.88 Å². The SMILES string of the molecule is CC(C)N1CCCCN(C(C)C)P1. The Hall–Kier alpha value is 0.350. The summed E-state index contributed by atoms with van der Waals surface area (Å²) in [4.78, 5) is 0. The highest BCUT2D eigenvalue weighted by molar-refractivity contribution is 7.32. The van der Waals surface area contributed by atoms with E-state index in [1.807, 2.05) is 0 Å². The first kappa shape index (κ1) is 11.4. The number of hydrogen-bond acceptors (Lipinski definition) is 2.